The minimum atomic E-state index is 0.0647. The van der Waals surface area contributed by atoms with Crippen molar-refractivity contribution < 1.29 is 9.53 Å². The number of carbonyl (C=O) groups is 1. The first-order valence-electron chi connectivity index (χ1n) is 10.4. The smallest absolute Gasteiger partial charge is 0.230 e. The fourth-order valence-electron chi connectivity index (χ4n) is 3.70. The van der Waals surface area contributed by atoms with E-state index in [1.807, 2.05) is 18.2 Å². The van der Waals surface area contributed by atoms with Gasteiger partial charge >= 0.3 is 0 Å². The van der Waals surface area contributed by atoms with Crippen LogP contribution in [0.25, 0.3) is 0 Å². The maximum absolute atomic E-state index is 12.3. The van der Waals surface area contributed by atoms with Crippen molar-refractivity contribution >= 4 is 29.3 Å². The zero-order chi connectivity index (χ0) is 20.6. The van der Waals surface area contributed by atoms with Crippen LogP contribution < -0.4 is 10.1 Å². The molecule has 29 heavy (non-hydrogen) atoms. The van der Waals surface area contributed by atoms with Crippen LogP contribution in [0.1, 0.15) is 64.2 Å². The molecule has 1 N–H and O–H groups in total. The molecular weight excluding hydrogens is 408 g/mol. The molecule has 158 valence electrons. The molecule has 0 aliphatic heterocycles. The fourth-order valence-corrected chi connectivity index (χ4v) is 4.72. The number of halogens is 1. The lowest BCUT2D eigenvalue weighted by atomic mass is 10.2. The van der Waals surface area contributed by atoms with E-state index in [2.05, 4.69) is 33.9 Å². The van der Waals surface area contributed by atoms with Crippen molar-refractivity contribution in [1.29, 1.82) is 0 Å². The van der Waals surface area contributed by atoms with Gasteiger partial charge in [0.25, 0.3) is 0 Å². The number of para-hydroxylation sites is 1. The third-order valence-electron chi connectivity index (χ3n) is 5.29. The Bertz CT molecular complexity index is 804. The average Bonchev–Trinajstić information content (AvgIpc) is 3.37. The Kier molecular flexibility index (Phi) is 8.24. The number of benzene rings is 1. The minimum absolute atomic E-state index is 0.0647. The summed E-state index contributed by atoms with van der Waals surface area (Å²) in [6, 6.07) is 7.98. The van der Waals surface area contributed by atoms with Crippen molar-refractivity contribution in [1.82, 2.24) is 20.1 Å². The highest BCUT2D eigenvalue weighted by Gasteiger charge is 2.22. The lowest BCUT2D eigenvalue weighted by Gasteiger charge is -2.19. The van der Waals surface area contributed by atoms with Crippen LogP contribution in [0, 0.1) is 0 Å². The van der Waals surface area contributed by atoms with Gasteiger partial charge in [-0.05, 0) is 37.8 Å². The molecule has 1 fully saturated rings. The van der Waals surface area contributed by atoms with E-state index in [1.165, 1.54) is 24.6 Å². The topological polar surface area (TPSA) is 69.0 Å². The Morgan fingerprint density at radius 1 is 1.28 bits per heavy atom. The van der Waals surface area contributed by atoms with Gasteiger partial charge in [0, 0.05) is 12.1 Å². The second kappa shape index (κ2) is 10.9. The molecule has 1 heterocycles. The summed E-state index contributed by atoms with van der Waals surface area (Å²) in [7, 11) is 0. The fraction of sp³-hybridized carbons (Fsp3) is 0.571. The molecule has 2 aromatic rings. The summed E-state index contributed by atoms with van der Waals surface area (Å²) in [5.74, 6) is 1.78. The molecular formula is C21H29ClN4O2S. The molecule has 3 rings (SSSR count). The van der Waals surface area contributed by atoms with Crippen molar-refractivity contribution in [3.8, 4) is 5.75 Å². The van der Waals surface area contributed by atoms with E-state index in [0.29, 0.717) is 22.6 Å². The Morgan fingerprint density at radius 2 is 2.00 bits per heavy atom. The summed E-state index contributed by atoms with van der Waals surface area (Å²) in [5, 5.41) is 13.2. The molecule has 8 heteroatoms. The number of carbonyl (C=O) groups excluding carboxylic acids is 1. The lowest BCUT2D eigenvalue weighted by Crippen LogP contribution is -2.33. The molecule has 1 aliphatic carbocycles. The van der Waals surface area contributed by atoms with E-state index in [4.69, 9.17) is 16.3 Å². The highest BCUT2D eigenvalue weighted by molar-refractivity contribution is 7.99. The molecule has 1 aromatic heterocycles. The van der Waals surface area contributed by atoms with Gasteiger partial charge in [0.1, 0.15) is 12.4 Å². The number of nitrogens with zero attached hydrogens (tertiary/aromatic N) is 3. The summed E-state index contributed by atoms with van der Waals surface area (Å²) < 4.78 is 8.00. The minimum Gasteiger partial charge on any atom is -0.484 e. The van der Waals surface area contributed by atoms with Crippen LogP contribution in [-0.2, 0) is 11.4 Å². The predicted octanol–water partition coefficient (Wildman–Crippen LogP) is 5.02. The number of thioether (sulfide) groups is 1. The Hall–Kier alpha value is -1.73. The summed E-state index contributed by atoms with van der Waals surface area (Å²) >= 11 is 7.63. The quantitative estimate of drug-likeness (QED) is 0.529. The van der Waals surface area contributed by atoms with E-state index in [9.17, 15) is 4.79 Å². The number of amides is 1. The van der Waals surface area contributed by atoms with Crippen molar-refractivity contribution in [2.75, 3.05) is 5.75 Å². The van der Waals surface area contributed by atoms with Crippen LogP contribution in [-0.4, -0.2) is 32.5 Å². The normalized spacial score (nSPS) is 14.5. The van der Waals surface area contributed by atoms with E-state index >= 15 is 0 Å². The van der Waals surface area contributed by atoms with E-state index in [1.54, 1.807) is 6.07 Å². The van der Waals surface area contributed by atoms with Crippen molar-refractivity contribution in [2.45, 2.75) is 76.2 Å². The van der Waals surface area contributed by atoms with Gasteiger partial charge in [-0.25, -0.2) is 0 Å². The summed E-state index contributed by atoms with van der Waals surface area (Å²) in [4.78, 5) is 12.3. The SMILES string of the molecule is CCC(CC)n1c(COc2ccccc2Cl)nnc1SCC(=O)NC1CCCC1. The molecule has 0 saturated heterocycles. The van der Waals surface area contributed by atoms with E-state index < -0.39 is 0 Å². The van der Waals surface area contributed by atoms with Crippen LogP contribution in [0.5, 0.6) is 5.75 Å². The molecule has 0 atom stereocenters. The third-order valence-corrected chi connectivity index (χ3v) is 6.54. The molecule has 6 nitrogen and oxygen atoms in total. The van der Waals surface area contributed by atoms with Crippen molar-refractivity contribution in [2.24, 2.45) is 0 Å². The molecule has 1 amide bonds. The summed E-state index contributed by atoms with van der Waals surface area (Å²) in [5.41, 5.74) is 0. The van der Waals surface area contributed by atoms with Gasteiger partial charge in [0.2, 0.25) is 5.91 Å². The second-order valence-corrected chi connectivity index (χ2v) is 8.65. The molecule has 0 radical (unpaired) electrons. The van der Waals surface area contributed by atoms with Gasteiger partial charge < -0.3 is 14.6 Å². The Balaban J connectivity index is 1.67. The van der Waals surface area contributed by atoms with Crippen LogP contribution in [0.15, 0.2) is 29.4 Å². The zero-order valence-electron chi connectivity index (χ0n) is 17.1. The van der Waals surface area contributed by atoms with Crippen LogP contribution in [0.3, 0.4) is 0 Å². The first-order valence-corrected chi connectivity index (χ1v) is 11.7. The molecule has 0 bridgehead atoms. The second-order valence-electron chi connectivity index (χ2n) is 7.30. The van der Waals surface area contributed by atoms with Gasteiger partial charge in [0.15, 0.2) is 11.0 Å². The van der Waals surface area contributed by atoms with Crippen molar-refractivity contribution in [3.05, 3.63) is 35.1 Å². The third kappa shape index (κ3) is 5.89. The number of aromatic nitrogens is 3. The van der Waals surface area contributed by atoms with Crippen LogP contribution >= 0.6 is 23.4 Å². The van der Waals surface area contributed by atoms with Gasteiger partial charge in [-0.1, -0.05) is 62.2 Å². The molecule has 0 spiro atoms. The molecule has 1 aromatic carbocycles. The highest BCUT2D eigenvalue weighted by atomic mass is 35.5. The molecule has 0 unspecified atom stereocenters. The first kappa shape index (κ1) is 22.0. The summed E-state index contributed by atoms with van der Waals surface area (Å²) in [6.45, 7) is 4.57. The maximum atomic E-state index is 12.3. The number of ether oxygens (including phenoxy) is 1. The van der Waals surface area contributed by atoms with Gasteiger partial charge in [-0.3, -0.25) is 4.79 Å². The average molecular weight is 437 g/mol. The number of rotatable bonds is 10. The standard InChI is InChI=1S/C21H29ClN4O2S/c1-3-16(4-2)26-19(13-28-18-12-8-7-11-17(18)22)24-25-21(26)29-14-20(27)23-15-9-5-6-10-15/h7-8,11-12,15-16H,3-6,9-10,13-14H2,1-2H3,(H,23,27). The predicted molar refractivity (Wildman–Crippen MR) is 117 cm³/mol. The van der Waals surface area contributed by atoms with Gasteiger partial charge in [-0.2, -0.15) is 0 Å². The Labute approximate surface area is 181 Å². The van der Waals surface area contributed by atoms with Crippen molar-refractivity contribution in [3.63, 3.8) is 0 Å². The lowest BCUT2D eigenvalue weighted by molar-refractivity contribution is -0.119. The molecule has 1 aliphatic rings. The van der Waals surface area contributed by atoms with Crippen LogP contribution in [0.4, 0.5) is 0 Å². The number of hydrogen-bond acceptors (Lipinski definition) is 5. The summed E-state index contributed by atoms with van der Waals surface area (Å²) in [6.07, 6.45) is 6.49. The van der Waals surface area contributed by atoms with Gasteiger partial charge in [-0.15, -0.1) is 10.2 Å². The number of nitrogens with one attached hydrogen (secondary N) is 1. The Morgan fingerprint density at radius 3 is 2.69 bits per heavy atom. The number of hydrogen-bond donors (Lipinski definition) is 1. The van der Waals surface area contributed by atoms with E-state index in [-0.39, 0.29) is 18.6 Å². The van der Waals surface area contributed by atoms with Gasteiger partial charge in [0.05, 0.1) is 10.8 Å². The largest absolute Gasteiger partial charge is 0.484 e. The first-order chi connectivity index (χ1) is 14.1. The maximum Gasteiger partial charge on any atom is 0.230 e. The highest BCUT2D eigenvalue weighted by Crippen LogP contribution is 2.28. The zero-order valence-corrected chi connectivity index (χ0v) is 18.6. The molecule has 1 saturated carbocycles. The van der Waals surface area contributed by atoms with E-state index in [0.717, 1.165) is 36.7 Å². The van der Waals surface area contributed by atoms with Crippen LogP contribution in [0.2, 0.25) is 5.02 Å². The monoisotopic (exact) mass is 436 g/mol.